The highest BCUT2D eigenvalue weighted by Crippen LogP contribution is 2.14. The first-order valence-corrected chi connectivity index (χ1v) is 4.99. The zero-order valence-electron chi connectivity index (χ0n) is 8.58. The number of nitrogens with two attached hydrogens (primary N) is 1. The molecule has 82 valence electrons. The van der Waals surface area contributed by atoms with Crippen molar-refractivity contribution < 1.29 is 0 Å². The Balaban J connectivity index is 2.36. The Hall–Kier alpha value is -2.02. The van der Waals surface area contributed by atoms with Crippen LogP contribution in [0.1, 0.15) is 5.82 Å². The molecule has 6 nitrogen and oxygen atoms in total. The SMILES string of the molecule is Cc1nnnn1-c1cccc(NC(N)=S)c1. The van der Waals surface area contributed by atoms with Gasteiger partial charge >= 0.3 is 0 Å². The van der Waals surface area contributed by atoms with Gasteiger partial charge in [-0.3, -0.25) is 0 Å². The Morgan fingerprint density at radius 1 is 1.50 bits per heavy atom. The number of thiocarbonyl (C=S) groups is 1. The smallest absolute Gasteiger partial charge is 0.168 e. The van der Waals surface area contributed by atoms with E-state index in [1.54, 1.807) is 4.68 Å². The molecule has 2 aromatic rings. The van der Waals surface area contributed by atoms with E-state index in [1.165, 1.54) is 0 Å². The van der Waals surface area contributed by atoms with Gasteiger partial charge in [0.25, 0.3) is 0 Å². The number of nitrogens with zero attached hydrogens (tertiary/aromatic N) is 4. The Morgan fingerprint density at radius 2 is 2.31 bits per heavy atom. The molecule has 1 aromatic heterocycles. The van der Waals surface area contributed by atoms with Gasteiger partial charge in [0.05, 0.1) is 5.69 Å². The summed E-state index contributed by atoms with van der Waals surface area (Å²) in [7, 11) is 0. The van der Waals surface area contributed by atoms with E-state index in [9.17, 15) is 0 Å². The summed E-state index contributed by atoms with van der Waals surface area (Å²) in [5.74, 6) is 0.715. The molecule has 0 atom stereocenters. The zero-order chi connectivity index (χ0) is 11.5. The molecule has 3 N–H and O–H groups in total. The standard InChI is InChI=1S/C9H10N6S/c1-6-12-13-14-15(6)8-4-2-3-7(5-8)11-9(10)16/h2-5H,1H3,(H3,10,11,16). The summed E-state index contributed by atoms with van der Waals surface area (Å²) < 4.78 is 1.63. The molecule has 0 bridgehead atoms. The Labute approximate surface area is 97.5 Å². The van der Waals surface area contributed by atoms with Crippen molar-refractivity contribution >= 4 is 23.0 Å². The van der Waals surface area contributed by atoms with E-state index in [2.05, 4.69) is 20.8 Å². The van der Waals surface area contributed by atoms with E-state index in [1.807, 2.05) is 31.2 Å². The third-order valence-corrected chi connectivity index (χ3v) is 2.09. The topological polar surface area (TPSA) is 81.7 Å². The number of nitrogens with one attached hydrogen (secondary N) is 1. The minimum atomic E-state index is 0.227. The van der Waals surface area contributed by atoms with Gasteiger partial charge in [-0.05, 0) is 47.8 Å². The predicted octanol–water partition coefficient (Wildman–Crippen LogP) is 0.626. The third kappa shape index (κ3) is 2.14. The largest absolute Gasteiger partial charge is 0.376 e. The van der Waals surface area contributed by atoms with E-state index >= 15 is 0 Å². The molecule has 0 aliphatic carbocycles. The van der Waals surface area contributed by atoms with Gasteiger partial charge in [0, 0.05) is 5.69 Å². The fourth-order valence-corrected chi connectivity index (χ4v) is 1.45. The van der Waals surface area contributed by atoms with Crippen molar-refractivity contribution in [2.24, 2.45) is 5.73 Å². The molecule has 1 aromatic carbocycles. The molecule has 0 amide bonds. The molecule has 7 heteroatoms. The first kappa shape index (κ1) is 10.5. The maximum absolute atomic E-state index is 5.40. The molecule has 0 aliphatic heterocycles. The van der Waals surface area contributed by atoms with Crippen LogP contribution in [0.5, 0.6) is 0 Å². The van der Waals surface area contributed by atoms with Crippen molar-refractivity contribution in [2.45, 2.75) is 6.92 Å². The van der Waals surface area contributed by atoms with Gasteiger partial charge < -0.3 is 11.1 Å². The van der Waals surface area contributed by atoms with Crippen LogP contribution in [0.3, 0.4) is 0 Å². The van der Waals surface area contributed by atoms with Crippen LogP contribution in [0.2, 0.25) is 0 Å². The lowest BCUT2D eigenvalue weighted by atomic mass is 10.3. The normalized spacial score (nSPS) is 10.1. The van der Waals surface area contributed by atoms with Gasteiger partial charge in [-0.1, -0.05) is 6.07 Å². The van der Waals surface area contributed by atoms with Crippen LogP contribution in [-0.2, 0) is 0 Å². The van der Waals surface area contributed by atoms with Crippen molar-refractivity contribution in [2.75, 3.05) is 5.32 Å². The number of rotatable bonds is 2. The van der Waals surface area contributed by atoms with Gasteiger partial charge in [-0.25, -0.2) is 0 Å². The zero-order valence-corrected chi connectivity index (χ0v) is 9.40. The molecule has 0 fully saturated rings. The maximum atomic E-state index is 5.40. The maximum Gasteiger partial charge on any atom is 0.168 e. The van der Waals surface area contributed by atoms with Crippen LogP contribution in [-0.4, -0.2) is 25.3 Å². The lowest BCUT2D eigenvalue weighted by molar-refractivity contribution is 0.780. The molecule has 0 saturated heterocycles. The second-order valence-electron chi connectivity index (χ2n) is 3.18. The van der Waals surface area contributed by atoms with Gasteiger partial charge in [0.2, 0.25) is 0 Å². The monoisotopic (exact) mass is 234 g/mol. The van der Waals surface area contributed by atoms with Gasteiger partial charge in [-0.15, -0.1) is 5.10 Å². The second-order valence-corrected chi connectivity index (χ2v) is 3.62. The summed E-state index contributed by atoms with van der Waals surface area (Å²) in [6, 6.07) is 7.50. The average molecular weight is 234 g/mol. The molecular weight excluding hydrogens is 224 g/mol. The van der Waals surface area contributed by atoms with E-state index in [4.69, 9.17) is 18.0 Å². The fraction of sp³-hybridized carbons (Fsp3) is 0.111. The molecule has 0 radical (unpaired) electrons. The summed E-state index contributed by atoms with van der Waals surface area (Å²) in [5, 5.41) is 14.3. The quantitative estimate of drug-likeness (QED) is 0.742. The summed E-state index contributed by atoms with van der Waals surface area (Å²) in [6.07, 6.45) is 0. The molecule has 0 aliphatic rings. The lowest BCUT2D eigenvalue weighted by Crippen LogP contribution is -2.18. The molecule has 16 heavy (non-hydrogen) atoms. The van der Waals surface area contributed by atoms with Crippen LogP contribution in [0.25, 0.3) is 5.69 Å². The van der Waals surface area contributed by atoms with E-state index in [0.717, 1.165) is 11.4 Å². The molecule has 1 heterocycles. The van der Waals surface area contributed by atoms with Crippen LogP contribution < -0.4 is 11.1 Å². The van der Waals surface area contributed by atoms with Crippen molar-refractivity contribution in [3.8, 4) is 5.69 Å². The van der Waals surface area contributed by atoms with Crippen LogP contribution in [0.4, 0.5) is 5.69 Å². The predicted molar refractivity (Wildman–Crippen MR) is 64.3 cm³/mol. The minimum Gasteiger partial charge on any atom is -0.376 e. The van der Waals surface area contributed by atoms with Crippen molar-refractivity contribution in [1.82, 2.24) is 20.2 Å². The summed E-state index contributed by atoms with van der Waals surface area (Å²) in [6.45, 7) is 1.83. The van der Waals surface area contributed by atoms with Crippen LogP contribution >= 0.6 is 12.2 Å². The van der Waals surface area contributed by atoms with E-state index in [0.29, 0.717) is 5.82 Å². The van der Waals surface area contributed by atoms with Crippen molar-refractivity contribution in [3.05, 3.63) is 30.1 Å². The molecule has 2 rings (SSSR count). The minimum absolute atomic E-state index is 0.227. The van der Waals surface area contributed by atoms with Gasteiger partial charge in [0.1, 0.15) is 0 Å². The van der Waals surface area contributed by atoms with Crippen molar-refractivity contribution in [3.63, 3.8) is 0 Å². The number of aromatic nitrogens is 4. The highest BCUT2D eigenvalue weighted by Gasteiger charge is 2.03. The highest BCUT2D eigenvalue weighted by molar-refractivity contribution is 7.80. The van der Waals surface area contributed by atoms with Gasteiger partial charge in [-0.2, -0.15) is 4.68 Å². The number of anilines is 1. The van der Waals surface area contributed by atoms with E-state index < -0.39 is 0 Å². The molecule has 0 unspecified atom stereocenters. The Morgan fingerprint density at radius 3 is 2.94 bits per heavy atom. The first-order valence-electron chi connectivity index (χ1n) is 4.58. The highest BCUT2D eigenvalue weighted by atomic mass is 32.1. The summed E-state index contributed by atoms with van der Waals surface area (Å²) >= 11 is 4.77. The number of tetrazole rings is 1. The number of benzene rings is 1. The average Bonchev–Trinajstić information content (AvgIpc) is 2.64. The summed E-state index contributed by atoms with van der Waals surface area (Å²) in [4.78, 5) is 0. The van der Waals surface area contributed by atoms with Crippen LogP contribution in [0.15, 0.2) is 24.3 Å². The first-order chi connectivity index (χ1) is 7.66. The van der Waals surface area contributed by atoms with Crippen LogP contribution in [0, 0.1) is 6.92 Å². The molecular formula is C9H10N6S. The fourth-order valence-electron chi connectivity index (χ4n) is 1.33. The lowest BCUT2D eigenvalue weighted by Gasteiger charge is -2.06. The van der Waals surface area contributed by atoms with Gasteiger partial charge in [0.15, 0.2) is 10.9 Å². The number of aryl methyl sites for hydroxylation is 1. The number of hydrogen-bond donors (Lipinski definition) is 2. The second kappa shape index (κ2) is 4.23. The molecule has 0 spiro atoms. The number of hydrogen-bond acceptors (Lipinski definition) is 4. The Bertz CT molecular complexity index is 520. The van der Waals surface area contributed by atoms with E-state index in [-0.39, 0.29) is 5.11 Å². The van der Waals surface area contributed by atoms with Crippen molar-refractivity contribution in [1.29, 1.82) is 0 Å². The molecule has 0 saturated carbocycles. The summed E-state index contributed by atoms with van der Waals surface area (Å²) in [5.41, 5.74) is 7.05. The Kier molecular flexibility index (Phi) is 2.78. The third-order valence-electron chi connectivity index (χ3n) is 1.98.